The number of ether oxygens (including phenoxy) is 1. The van der Waals surface area contributed by atoms with Crippen molar-refractivity contribution in [1.82, 2.24) is 19.5 Å². The maximum atomic E-state index is 12.4. The van der Waals surface area contributed by atoms with E-state index in [0.717, 1.165) is 11.3 Å². The Kier molecular flexibility index (Phi) is 3.46. The molecule has 0 unspecified atom stereocenters. The first-order valence-electron chi connectivity index (χ1n) is 7.68. The van der Waals surface area contributed by atoms with Crippen LogP contribution in [0.2, 0.25) is 0 Å². The van der Waals surface area contributed by atoms with Gasteiger partial charge in [-0.25, -0.2) is 14.8 Å². The molecule has 2 aromatic carbocycles. The topological polar surface area (TPSA) is 98.8 Å². The van der Waals surface area contributed by atoms with Crippen LogP contribution in [0.25, 0.3) is 16.9 Å². The van der Waals surface area contributed by atoms with Crippen LogP contribution in [0.15, 0.2) is 59.7 Å². The number of aromatic nitrogens is 4. The lowest BCUT2D eigenvalue weighted by molar-refractivity contribution is 0.482. The van der Waals surface area contributed by atoms with Crippen LogP contribution in [-0.4, -0.2) is 19.5 Å². The first-order valence-corrected chi connectivity index (χ1v) is 7.68. The molecule has 0 radical (unpaired) electrons. The normalized spacial score (nSPS) is 10.9. The van der Waals surface area contributed by atoms with Gasteiger partial charge in [0.05, 0.1) is 5.69 Å². The molecule has 25 heavy (non-hydrogen) atoms. The highest BCUT2D eigenvalue weighted by molar-refractivity contribution is 5.83. The molecular weight excluding hydrogens is 318 g/mol. The van der Waals surface area contributed by atoms with Crippen molar-refractivity contribution >= 4 is 17.0 Å². The number of rotatable bonds is 3. The van der Waals surface area contributed by atoms with Crippen molar-refractivity contribution in [1.29, 1.82) is 0 Å². The van der Waals surface area contributed by atoms with Gasteiger partial charge in [-0.2, -0.15) is 0 Å². The van der Waals surface area contributed by atoms with Crippen molar-refractivity contribution in [3.63, 3.8) is 0 Å². The number of fused-ring (bicyclic) bond motifs is 1. The molecule has 0 fully saturated rings. The molecule has 0 aliphatic carbocycles. The van der Waals surface area contributed by atoms with E-state index in [1.54, 1.807) is 6.07 Å². The van der Waals surface area contributed by atoms with Crippen molar-refractivity contribution in [3.8, 4) is 17.2 Å². The Balaban J connectivity index is 1.80. The quantitative estimate of drug-likeness (QED) is 0.600. The molecule has 7 heteroatoms. The Hall–Kier alpha value is -3.61. The van der Waals surface area contributed by atoms with Gasteiger partial charge in [-0.1, -0.05) is 18.2 Å². The zero-order valence-electron chi connectivity index (χ0n) is 13.4. The van der Waals surface area contributed by atoms with E-state index in [1.807, 2.05) is 49.4 Å². The number of nitrogens with two attached hydrogens (primary N) is 1. The number of aryl methyl sites for hydroxylation is 1. The highest BCUT2D eigenvalue weighted by atomic mass is 16.5. The summed E-state index contributed by atoms with van der Waals surface area (Å²) < 4.78 is 7.31. The molecule has 7 nitrogen and oxygen atoms in total. The summed E-state index contributed by atoms with van der Waals surface area (Å²) in [4.78, 5) is 23.1. The predicted octanol–water partition coefficient (Wildman–Crippen LogP) is 2.79. The second-order valence-corrected chi connectivity index (χ2v) is 5.59. The third kappa shape index (κ3) is 2.61. The summed E-state index contributed by atoms with van der Waals surface area (Å²) in [6.07, 6.45) is 1.32. The molecule has 0 aliphatic heterocycles. The third-order valence-electron chi connectivity index (χ3n) is 3.89. The van der Waals surface area contributed by atoms with Gasteiger partial charge in [0.2, 0.25) is 0 Å². The van der Waals surface area contributed by atoms with Gasteiger partial charge in [0.25, 0.3) is 0 Å². The van der Waals surface area contributed by atoms with Crippen LogP contribution < -0.4 is 16.2 Å². The molecule has 0 amide bonds. The first-order chi connectivity index (χ1) is 12.1. The van der Waals surface area contributed by atoms with Crippen LogP contribution in [0.4, 0.5) is 5.82 Å². The highest BCUT2D eigenvalue weighted by Gasteiger charge is 2.15. The average Bonchev–Trinajstić information content (AvgIpc) is 2.93. The zero-order chi connectivity index (χ0) is 17.4. The van der Waals surface area contributed by atoms with Crippen molar-refractivity contribution < 1.29 is 4.74 Å². The summed E-state index contributed by atoms with van der Waals surface area (Å²) in [7, 11) is 0. The van der Waals surface area contributed by atoms with Crippen LogP contribution in [0, 0.1) is 6.92 Å². The van der Waals surface area contributed by atoms with E-state index in [9.17, 15) is 4.79 Å². The van der Waals surface area contributed by atoms with Gasteiger partial charge in [0.15, 0.2) is 11.5 Å². The van der Waals surface area contributed by atoms with E-state index >= 15 is 0 Å². The van der Waals surface area contributed by atoms with Crippen LogP contribution >= 0.6 is 0 Å². The SMILES string of the molecule is Cc1cc(Oc2ccccc2)ccc1-n1c(=O)[nH]c2ncnc(N)c21. The number of hydrogen-bond acceptors (Lipinski definition) is 5. The molecule has 124 valence electrons. The molecule has 2 aromatic heterocycles. The lowest BCUT2D eigenvalue weighted by Crippen LogP contribution is -2.16. The molecule has 0 saturated heterocycles. The molecule has 0 atom stereocenters. The van der Waals surface area contributed by atoms with Crippen LogP contribution in [0.5, 0.6) is 11.5 Å². The molecule has 4 aromatic rings. The minimum atomic E-state index is -0.318. The van der Waals surface area contributed by atoms with Gasteiger partial charge in [0, 0.05) is 0 Å². The summed E-state index contributed by atoms with van der Waals surface area (Å²) in [5.41, 5.74) is 8.04. The number of imidazole rings is 1. The summed E-state index contributed by atoms with van der Waals surface area (Å²) >= 11 is 0. The molecule has 0 spiro atoms. The zero-order valence-corrected chi connectivity index (χ0v) is 13.4. The molecule has 0 aliphatic rings. The van der Waals surface area contributed by atoms with Crippen molar-refractivity contribution in [3.05, 3.63) is 70.9 Å². The van der Waals surface area contributed by atoms with E-state index in [2.05, 4.69) is 15.0 Å². The fourth-order valence-corrected chi connectivity index (χ4v) is 2.76. The van der Waals surface area contributed by atoms with Crippen LogP contribution in [0.1, 0.15) is 5.56 Å². The second-order valence-electron chi connectivity index (χ2n) is 5.59. The fourth-order valence-electron chi connectivity index (χ4n) is 2.76. The van der Waals surface area contributed by atoms with E-state index in [1.165, 1.54) is 10.9 Å². The Labute approximate surface area is 142 Å². The number of nitrogen functional groups attached to an aromatic ring is 1. The van der Waals surface area contributed by atoms with Crippen LogP contribution in [-0.2, 0) is 0 Å². The number of H-pyrrole nitrogens is 1. The van der Waals surface area contributed by atoms with Gasteiger partial charge in [-0.15, -0.1) is 0 Å². The number of para-hydroxylation sites is 1. The summed E-state index contributed by atoms with van der Waals surface area (Å²) in [6, 6.07) is 15.0. The predicted molar refractivity (Wildman–Crippen MR) is 95.2 cm³/mol. The Bertz CT molecular complexity index is 1120. The second kappa shape index (κ2) is 5.79. The lowest BCUT2D eigenvalue weighted by Gasteiger charge is -2.11. The number of nitrogens with zero attached hydrogens (tertiary/aromatic N) is 3. The van der Waals surface area contributed by atoms with Gasteiger partial charge < -0.3 is 10.5 Å². The van der Waals surface area contributed by atoms with Gasteiger partial charge in [-0.05, 0) is 42.8 Å². The number of hydrogen-bond donors (Lipinski definition) is 2. The van der Waals surface area contributed by atoms with Gasteiger partial charge in [-0.3, -0.25) is 9.55 Å². The largest absolute Gasteiger partial charge is 0.457 e. The smallest absolute Gasteiger partial charge is 0.332 e. The molecule has 2 heterocycles. The molecule has 0 saturated carbocycles. The van der Waals surface area contributed by atoms with E-state index < -0.39 is 0 Å². The standard InChI is InChI=1S/C18H15N5O2/c1-11-9-13(25-12-5-3-2-4-6-12)7-8-14(11)23-15-16(19)20-10-21-17(15)22-18(23)24/h2-10H,1H3,(H3,19,20,21,22,24). The number of benzene rings is 2. The van der Waals surface area contributed by atoms with E-state index in [0.29, 0.717) is 22.6 Å². The van der Waals surface area contributed by atoms with Crippen molar-refractivity contribution in [2.45, 2.75) is 6.92 Å². The maximum Gasteiger partial charge on any atom is 0.332 e. The average molecular weight is 333 g/mol. The van der Waals surface area contributed by atoms with Gasteiger partial charge >= 0.3 is 5.69 Å². The monoisotopic (exact) mass is 333 g/mol. The Morgan fingerprint density at radius 1 is 1.08 bits per heavy atom. The Morgan fingerprint density at radius 3 is 2.64 bits per heavy atom. The molecule has 4 rings (SSSR count). The molecule has 3 N–H and O–H groups in total. The minimum Gasteiger partial charge on any atom is -0.457 e. The summed E-state index contributed by atoms with van der Waals surface area (Å²) in [6.45, 7) is 1.90. The number of nitrogens with one attached hydrogen (secondary N) is 1. The van der Waals surface area contributed by atoms with E-state index in [4.69, 9.17) is 10.5 Å². The number of anilines is 1. The molecular formula is C18H15N5O2. The highest BCUT2D eigenvalue weighted by Crippen LogP contribution is 2.26. The fraction of sp³-hybridized carbons (Fsp3) is 0.0556. The van der Waals surface area contributed by atoms with Crippen molar-refractivity contribution in [2.75, 3.05) is 5.73 Å². The minimum absolute atomic E-state index is 0.243. The van der Waals surface area contributed by atoms with Crippen molar-refractivity contribution in [2.24, 2.45) is 0 Å². The molecule has 0 bridgehead atoms. The van der Waals surface area contributed by atoms with Crippen LogP contribution in [0.3, 0.4) is 0 Å². The van der Waals surface area contributed by atoms with E-state index in [-0.39, 0.29) is 11.5 Å². The Morgan fingerprint density at radius 2 is 1.88 bits per heavy atom. The first kappa shape index (κ1) is 14.9. The maximum absolute atomic E-state index is 12.4. The lowest BCUT2D eigenvalue weighted by atomic mass is 10.2. The number of aromatic amines is 1. The van der Waals surface area contributed by atoms with Gasteiger partial charge in [0.1, 0.15) is 23.3 Å². The summed E-state index contributed by atoms with van der Waals surface area (Å²) in [5, 5.41) is 0. The summed E-state index contributed by atoms with van der Waals surface area (Å²) in [5.74, 6) is 1.67. The third-order valence-corrected chi connectivity index (χ3v) is 3.89.